The van der Waals surface area contributed by atoms with Gasteiger partial charge in [-0.3, -0.25) is 30.7 Å². The maximum atomic E-state index is 11.7. The van der Waals surface area contributed by atoms with Crippen molar-refractivity contribution in [2.45, 2.75) is 0 Å². The molecule has 0 saturated heterocycles. The van der Waals surface area contributed by atoms with Gasteiger partial charge in [0.2, 0.25) is 5.91 Å². The average Bonchev–Trinajstić information content (AvgIpc) is 3.05. The summed E-state index contributed by atoms with van der Waals surface area (Å²) in [6.07, 6.45) is 6.05. The Hall–Kier alpha value is -2.58. The first-order chi connectivity index (χ1) is 10.6. The minimum Gasteiger partial charge on any atom is -0.298 e. The number of rotatable bonds is 3. The summed E-state index contributed by atoms with van der Waals surface area (Å²) in [5, 5.41) is 4.34. The van der Waals surface area contributed by atoms with Gasteiger partial charge in [-0.25, -0.2) is 0 Å². The van der Waals surface area contributed by atoms with E-state index in [0.717, 1.165) is 4.88 Å². The van der Waals surface area contributed by atoms with Gasteiger partial charge in [0.05, 0.1) is 0 Å². The van der Waals surface area contributed by atoms with E-state index in [1.807, 2.05) is 17.5 Å². The highest BCUT2D eigenvalue weighted by molar-refractivity contribution is 7.80. The molecule has 8 heteroatoms. The summed E-state index contributed by atoms with van der Waals surface area (Å²) in [6.45, 7) is 0. The Morgan fingerprint density at radius 3 is 2.64 bits per heavy atom. The molecule has 0 radical (unpaired) electrons. The molecule has 6 nitrogen and oxygen atoms in total. The summed E-state index contributed by atoms with van der Waals surface area (Å²) >= 11 is 6.43. The van der Waals surface area contributed by atoms with E-state index < -0.39 is 0 Å². The SMILES string of the molecule is O=C(C=Cc1cccs1)NC(=S)NNC(=O)c1ccncc1. The van der Waals surface area contributed by atoms with E-state index in [0.29, 0.717) is 5.56 Å². The van der Waals surface area contributed by atoms with Gasteiger partial charge in [0.15, 0.2) is 5.11 Å². The summed E-state index contributed by atoms with van der Waals surface area (Å²) < 4.78 is 0. The zero-order valence-electron chi connectivity index (χ0n) is 11.3. The number of nitrogens with zero attached hydrogens (tertiary/aromatic N) is 1. The molecule has 2 aromatic rings. The zero-order chi connectivity index (χ0) is 15.8. The van der Waals surface area contributed by atoms with E-state index in [9.17, 15) is 9.59 Å². The van der Waals surface area contributed by atoms with Gasteiger partial charge in [-0.05, 0) is 41.9 Å². The third-order valence-electron chi connectivity index (χ3n) is 2.41. The van der Waals surface area contributed by atoms with Crippen molar-refractivity contribution in [3.8, 4) is 0 Å². The van der Waals surface area contributed by atoms with Crippen LogP contribution in [0.1, 0.15) is 15.2 Å². The Bertz CT molecular complexity index is 684. The van der Waals surface area contributed by atoms with Crippen LogP contribution in [0.5, 0.6) is 0 Å². The van der Waals surface area contributed by atoms with Crippen molar-refractivity contribution < 1.29 is 9.59 Å². The monoisotopic (exact) mass is 332 g/mol. The molecule has 22 heavy (non-hydrogen) atoms. The number of thiophene rings is 1. The molecule has 3 N–H and O–H groups in total. The quantitative estimate of drug-likeness (QED) is 0.451. The van der Waals surface area contributed by atoms with Gasteiger partial charge in [0.25, 0.3) is 5.91 Å². The van der Waals surface area contributed by atoms with Crippen LogP contribution in [0.2, 0.25) is 0 Å². The van der Waals surface area contributed by atoms with E-state index in [-0.39, 0.29) is 16.9 Å². The molecular formula is C14H12N4O2S2. The first kappa shape index (κ1) is 15.8. The van der Waals surface area contributed by atoms with Crippen LogP contribution in [0.3, 0.4) is 0 Å². The number of thiocarbonyl (C=S) groups is 1. The number of carbonyl (C=O) groups excluding carboxylic acids is 2. The molecule has 2 aromatic heterocycles. The first-order valence-electron chi connectivity index (χ1n) is 6.18. The Morgan fingerprint density at radius 1 is 1.18 bits per heavy atom. The van der Waals surface area contributed by atoms with Gasteiger partial charge >= 0.3 is 0 Å². The third-order valence-corrected chi connectivity index (χ3v) is 3.45. The number of pyridine rings is 1. The molecule has 0 atom stereocenters. The molecule has 2 rings (SSSR count). The summed E-state index contributed by atoms with van der Waals surface area (Å²) in [7, 11) is 0. The van der Waals surface area contributed by atoms with Crippen LogP contribution in [0.25, 0.3) is 6.08 Å². The molecule has 112 valence electrons. The zero-order valence-corrected chi connectivity index (χ0v) is 12.9. The number of hydrogen-bond donors (Lipinski definition) is 3. The first-order valence-corrected chi connectivity index (χ1v) is 7.47. The van der Waals surface area contributed by atoms with Gasteiger partial charge in [0, 0.05) is 28.9 Å². The van der Waals surface area contributed by atoms with Gasteiger partial charge in [-0.1, -0.05) is 6.07 Å². The molecule has 0 unspecified atom stereocenters. The molecular weight excluding hydrogens is 320 g/mol. The Balaban J connectivity index is 1.76. The highest BCUT2D eigenvalue weighted by atomic mass is 32.1. The lowest BCUT2D eigenvalue weighted by Crippen LogP contribution is -2.48. The number of nitrogens with one attached hydrogen (secondary N) is 3. The lowest BCUT2D eigenvalue weighted by Gasteiger charge is -2.09. The maximum Gasteiger partial charge on any atom is 0.269 e. The largest absolute Gasteiger partial charge is 0.298 e. The predicted molar refractivity (Wildman–Crippen MR) is 88.9 cm³/mol. The van der Waals surface area contributed by atoms with Crippen LogP contribution in [0.4, 0.5) is 0 Å². The second-order valence-electron chi connectivity index (χ2n) is 3.98. The molecule has 0 aliphatic rings. The lowest BCUT2D eigenvalue weighted by atomic mass is 10.3. The molecule has 0 spiro atoms. The number of hydrogen-bond acceptors (Lipinski definition) is 5. The van der Waals surface area contributed by atoms with E-state index in [1.54, 1.807) is 18.2 Å². The van der Waals surface area contributed by atoms with E-state index in [2.05, 4.69) is 21.2 Å². The molecule has 0 bridgehead atoms. The van der Waals surface area contributed by atoms with Crippen molar-refractivity contribution >= 4 is 46.6 Å². The number of amides is 2. The molecule has 2 amide bonds. The summed E-state index contributed by atoms with van der Waals surface area (Å²) in [5.41, 5.74) is 5.26. The number of aromatic nitrogens is 1. The van der Waals surface area contributed by atoms with E-state index in [4.69, 9.17) is 12.2 Å². The van der Waals surface area contributed by atoms with Crippen LogP contribution < -0.4 is 16.2 Å². The molecule has 0 saturated carbocycles. The second kappa shape index (κ2) is 8.01. The van der Waals surface area contributed by atoms with Crippen molar-refractivity contribution in [2.24, 2.45) is 0 Å². The molecule has 2 heterocycles. The predicted octanol–water partition coefficient (Wildman–Crippen LogP) is 1.49. The molecule has 0 aliphatic carbocycles. The molecule has 0 aromatic carbocycles. The van der Waals surface area contributed by atoms with Crippen LogP contribution in [0.15, 0.2) is 48.1 Å². The summed E-state index contributed by atoms with van der Waals surface area (Å²) in [6, 6.07) is 6.90. The number of carbonyl (C=O) groups is 2. The highest BCUT2D eigenvalue weighted by Gasteiger charge is 2.05. The van der Waals surface area contributed by atoms with Crippen LogP contribution in [-0.4, -0.2) is 21.9 Å². The third kappa shape index (κ3) is 5.08. The van der Waals surface area contributed by atoms with Gasteiger partial charge < -0.3 is 0 Å². The summed E-state index contributed by atoms with van der Waals surface area (Å²) in [4.78, 5) is 28.1. The van der Waals surface area contributed by atoms with Crippen LogP contribution in [-0.2, 0) is 4.79 Å². The lowest BCUT2D eigenvalue weighted by molar-refractivity contribution is -0.115. The minimum absolute atomic E-state index is 0.00300. The van der Waals surface area contributed by atoms with Crippen LogP contribution in [0, 0.1) is 0 Å². The second-order valence-corrected chi connectivity index (χ2v) is 5.37. The van der Waals surface area contributed by atoms with Gasteiger partial charge in [0.1, 0.15) is 0 Å². The minimum atomic E-state index is -0.385. The van der Waals surface area contributed by atoms with Crippen molar-refractivity contribution in [2.75, 3.05) is 0 Å². The highest BCUT2D eigenvalue weighted by Crippen LogP contribution is 2.09. The fourth-order valence-corrected chi connectivity index (χ4v) is 2.19. The standard InChI is InChI=1S/C14H12N4O2S2/c19-12(4-3-11-2-1-9-22-11)16-14(21)18-17-13(20)10-5-7-15-8-6-10/h1-9H,(H,17,20)(H2,16,18,19,21). The fourth-order valence-electron chi connectivity index (χ4n) is 1.42. The summed E-state index contributed by atoms with van der Waals surface area (Å²) in [5.74, 6) is -0.766. The molecule has 0 aliphatic heterocycles. The van der Waals surface area contributed by atoms with Crippen molar-refractivity contribution in [1.82, 2.24) is 21.2 Å². The van der Waals surface area contributed by atoms with Crippen molar-refractivity contribution in [1.29, 1.82) is 0 Å². The smallest absolute Gasteiger partial charge is 0.269 e. The van der Waals surface area contributed by atoms with Crippen molar-refractivity contribution in [3.05, 3.63) is 58.6 Å². The topological polar surface area (TPSA) is 83.1 Å². The van der Waals surface area contributed by atoms with Crippen molar-refractivity contribution in [3.63, 3.8) is 0 Å². The van der Waals surface area contributed by atoms with Gasteiger partial charge in [-0.15, -0.1) is 11.3 Å². The molecule has 0 fully saturated rings. The van der Waals surface area contributed by atoms with Crippen LogP contribution >= 0.6 is 23.6 Å². The van der Waals surface area contributed by atoms with E-state index in [1.165, 1.54) is 29.8 Å². The normalized spacial score (nSPS) is 10.2. The van der Waals surface area contributed by atoms with Gasteiger partial charge in [-0.2, -0.15) is 0 Å². The maximum absolute atomic E-state index is 11.7. The Morgan fingerprint density at radius 2 is 1.95 bits per heavy atom. The fraction of sp³-hybridized carbons (Fsp3) is 0. The van der Waals surface area contributed by atoms with E-state index >= 15 is 0 Å². The average molecular weight is 332 g/mol. The number of hydrazine groups is 1. The Kier molecular flexibility index (Phi) is 5.75. The Labute approximate surface area is 136 Å².